The molecule has 1 atom stereocenters. The molecule has 0 bridgehead atoms. The van der Waals surface area contributed by atoms with Crippen LogP contribution in [0.1, 0.15) is 5.56 Å². The quantitative estimate of drug-likeness (QED) is 0.854. The predicted octanol–water partition coefficient (Wildman–Crippen LogP) is 2.19. The molecule has 0 spiro atoms. The number of benzene rings is 1. The average molecular weight is 303 g/mol. The lowest BCUT2D eigenvalue weighted by Crippen LogP contribution is -2.14. The van der Waals surface area contributed by atoms with E-state index in [1.165, 1.54) is 12.1 Å². The third-order valence-electron chi connectivity index (χ3n) is 1.84. The van der Waals surface area contributed by atoms with Gasteiger partial charge in [0.15, 0.2) is 0 Å². The number of hydrogen-bond acceptors (Lipinski definition) is 4. The van der Waals surface area contributed by atoms with E-state index in [9.17, 15) is 25.9 Å². The van der Waals surface area contributed by atoms with Crippen LogP contribution in [-0.2, 0) is 24.4 Å². The van der Waals surface area contributed by atoms with Crippen LogP contribution in [0.25, 0.3) is 0 Å². The van der Waals surface area contributed by atoms with Crippen LogP contribution in [0.5, 0.6) is 0 Å². The first kappa shape index (κ1) is 14.9. The molecular formula is C8H8F3NO4S2. The van der Waals surface area contributed by atoms with Crippen molar-refractivity contribution in [3.8, 4) is 0 Å². The van der Waals surface area contributed by atoms with Gasteiger partial charge in [0.05, 0.1) is 4.90 Å². The summed E-state index contributed by atoms with van der Waals surface area (Å²) >= 11 is 0. The van der Waals surface area contributed by atoms with Crippen molar-refractivity contribution < 1.29 is 30.3 Å². The molecule has 0 saturated carbocycles. The van der Waals surface area contributed by atoms with Gasteiger partial charge in [0.2, 0.25) is 0 Å². The fraction of sp³-hybridized carbons (Fsp3) is 0.250. The maximum absolute atomic E-state index is 12.2. The summed E-state index contributed by atoms with van der Waals surface area (Å²) in [5.41, 5.74) is 0.713. The Labute approximate surface area is 102 Å². The maximum atomic E-state index is 12.2. The first-order valence-electron chi connectivity index (χ1n) is 4.38. The second-order valence-corrected chi connectivity index (χ2v) is 6.73. The molecule has 5 nitrogen and oxygen atoms in total. The van der Waals surface area contributed by atoms with Crippen LogP contribution in [0.15, 0.2) is 32.9 Å². The molecule has 0 saturated heterocycles. The van der Waals surface area contributed by atoms with Crippen LogP contribution in [0.3, 0.4) is 0 Å². The highest BCUT2D eigenvalue weighted by molar-refractivity contribution is 8.01. The molecule has 18 heavy (non-hydrogen) atoms. The first-order chi connectivity index (χ1) is 8.21. The molecular weight excluding hydrogens is 295 g/mol. The molecule has 1 aromatic carbocycles. The number of sulfonamides is 1. The lowest BCUT2D eigenvalue weighted by molar-refractivity contribution is -0.000781. The number of halogens is 3. The van der Waals surface area contributed by atoms with Gasteiger partial charge in [0, 0.05) is 0 Å². The Balaban J connectivity index is 3.36. The highest BCUT2D eigenvalue weighted by Gasteiger charge is 2.29. The number of nitrogens with zero attached hydrogens (tertiary/aromatic N) is 1. The standard InChI is InChI=1S/C8H8F3NO4S2/c1-6-2-4-7(5-3-6)17(13,14)12-18(15,16-11)8(9)10/h2-5,8H,1H3. The number of hydrogen-bond donors (Lipinski definition) is 0. The molecule has 0 radical (unpaired) electrons. The van der Waals surface area contributed by atoms with E-state index in [2.05, 4.69) is 8.16 Å². The monoisotopic (exact) mass is 303 g/mol. The van der Waals surface area contributed by atoms with Crippen LogP contribution >= 0.6 is 0 Å². The average Bonchev–Trinajstić information content (AvgIpc) is 2.28. The summed E-state index contributed by atoms with van der Waals surface area (Å²) in [7, 11) is -9.91. The zero-order chi connectivity index (χ0) is 14.0. The van der Waals surface area contributed by atoms with Crippen molar-refractivity contribution in [2.75, 3.05) is 0 Å². The van der Waals surface area contributed by atoms with Gasteiger partial charge in [-0.15, -0.1) is 0 Å². The fourth-order valence-electron chi connectivity index (χ4n) is 0.962. The van der Waals surface area contributed by atoms with Crippen molar-refractivity contribution in [3.05, 3.63) is 29.8 Å². The molecule has 0 aromatic heterocycles. The molecule has 0 heterocycles. The summed E-state index contributed by atoms with van der Waals surface area (Å²) in [6, 6.07) is 4.89. The van der Waals surface area contributed by atoms with Gasteiger partial charge in [-0.2, -0.15) is 17.2 Å². The summed E-state index contributed by atoms with van der Waals surface area (Å²) in [5.74, 6) is -3.89. The molecule has 0 fully saturated rings. The molecule has 102 valence electrons. The lowest BCUT2D eigenvalue weighted by Gasteiger charge is -2.03. The van der Waals surface area contributed by atoms with Crippen LogP contribution < -0.4 is 0 Å². The number of alkyl halides is 2. The van der Waals surface area contributed by atoms with E-state index < -0.39 is 30.7 Å². The second kappa shape index (κ2) is 5.24. The van der Waals surface area contributed by atoms with Crippen LogP contribution in [0.2, 0.25) is 0 Å². The second-order valence-electron chi connectivity index (χ2n) is 3.20. The van der Waals surface area contributed by atoms with Crippen molar-refractivity contribution in [1.29, 1.82) is 0 Å². The summed E-state index contributed by atoms with van der Waals surface area (Å²) in [6.45, 7) is 1.67. The van der Waals surface area contributed by atoms with E-state index in [0.29, 0.717) is 5.56 Å². The maximum Gasteiger partial charge on any atom is 0.346 e. The van der Waals surface area contributed by atoms with E-state index >= 15 is 0 Å². The molecule has 1 rings (SSSR count). The van der Waals surface area contributed by atoms with Crippen molar-refractivity contribution in [3.63, 3.8) is 0 Å². The molecule has 1 aromatic rings. The summed E-state index contributed by atoms with van der Waals surface area (Å²) in [4.78, 5) is -0.487. The molecule has 10 heteroatoms. The van der Waals surface area contributed by atoms with Gasteiger partial charge in [-0.1, -0.05) is 25.9 Å². The van der Waals surface area contributed by atoms with Crippen LogP contribution in [0.4, 0.5) is 13.3 Å². The first-order valence-corrected chi connectivity index (χ1v) is 7.33. The normalized spacial score (nSPS) is 15.4. The Morgan fingerprint density at radius 2 is 1.67 bits per heavy atom. The SMILES string of the molecule is Cc1ccc(S(=O)(=O)N=S(=O)(OF)C(F)F)cc1. The minimum absolute atomic E-state index is 0.487. The van der Waals surface area contributed by atoms with Gasteiger partial charge >= 0.3 is 5.76 Å². The molecule has 0 aliphatic carbocycles. The van der Waals surface area contributed by atoms with E-state index in [1.807, 2.05) is 0 Å². The van der Waals surface area contributed by atoms with Gasteiger partial charge in [-0.3, -0.25) is 0 Å². The predicted molar refractivity (Wildman–Crippen MR) is 57.1 cm³/mol. The highest BCUT2D eigenvalue weighted by Crippen LogP contribution is 2.19. The number of aryl methyl sites for hydroxylation is 1. The Kier molecular flexibility index (Phi) is 4.35. The van der Waals surface area contributed by atoms with Gasteiger partial charge in [-0.05, 0) is 23.6 Å². The molecule has 0 aliphatic rings. The summed E-state index contributed by atoms with van der Waals surface area (Å²) in [5, 5.41) is 0. The topological polar surface area (TPSA) is 72.8 Å². The highest BCUT2D eigenvalue weighted by atomic mass is 32.3. The van der Waals surface area contributed by atoms with E-state index in [-0.39, 0.29) is 0 Å². The van der Waals surface area contributed by atoms with E-state index in [1.54, 1.807) is 6.92 Å². The van der Waals surface area contributed by atoms with Gasteiger partial charge in [-0.25, -0.2) is 4.21 Å². The number of rotatable bonds is 4. The minimum Gasteiger partial charge on any atom is -0.211 e. The van der Waals surface area contributed by atoms with Gasteiger partial charge in [0.25, 0.3) is 20.0 Å². The zero-order valence-corrected chi connectivity index (χ0v) is 10.6. The van der Waals surface area contributed by atoms with E-state index in [0.717, 1.165) is 12.1 Å². The Morgan fingerprint density at radius 1 is 1.17 bits per heavy atom. The molecule has 1 unspecified atom stereocenters. The smallest absolute Gasteiger partial charge is 0.211 e. The van der Waals surface area contributed by atoms with Gasteiger partial charge in [0.1, 0.15) is 0 Å². The van der Waals surface area contributed by atoms with Crippen molar-refractivity contribution in [1.82, 2.24) is 0 Å². The van der Waals surface area contributed by atoms with E-state index in [4.69, 9.17) is 0 Å². The van der Waals surface area contributed by atoms with Crippen molar-refractivity contribution in [2.24, 2.45) is 3.77 Å². The summed E-state index contributed by atoms with van der Waals surface area (Å²) in [6.07, 6.45) is 0. The minimum atomic E-state index is -5.22. The molecule has 0 amide bonds. The Bertz CT molecular complexity index is 633. The lowest BCUT2D eigenvalue weighted by atomic mass is 10.2. The van der Waals surface area contributed by atoms with Gasteiger partial charge < -0.3 is 0 Å². The largest absolute Gasteiger partial charge is 0.346 e. The Hall–Kier alpha value is -1.13. The summed E-state index contributed by atoms with van der Waals surface area (Å²) < 4.78 is 75.0. The Morgan fingerprint density at radius 3 is 2.06 bits per heavy atom. The van der Waals surface area contributed by atoms with Crippen LogP contribution in [0, 0.1) is 6.92 Å². The fourth-order valence-corrected chi connectivity index (χ4v) is 3.29. The van der Waals surface area contributed by atoms with Crippen molar-refractivity contribution in [2.45, 2.75) is 17.6 Å². The van der Waals surface area contributed by atoms with Crippen molar-refractivity contribution >= 4 is 20.0 Å². The molecule has 0 aliphatic heterocycles. The third kappa shape index (κ3) is 3.21. The zero-order valence-electron chi connectivity index (χ0n) is 8.92. The molecule has 0 N–H and O–H groups in total. The third-order valence-corrected chi connectivity index (χ3v) is 4.95. The van der Waals surface area contributed by atoms with Crippen LogP contribution in [-0.4, -0.2) is 18.4 Å².